The third-order valence-corrected chi connectivity index (χ3v) is 7.74. The predicted octanol–water partition coefficient (Wildman–Crippen LogP) is 3.45. The highest BCUT2D eigenvalue weighted by Crippen LogP contribution is 2.38. The number of amides is 1. The van der Waals surface area contributed by atoms with Crippen LogP contribution in [-0.2, 0) is 27.9 Å². The summed E-state index contributed by atoms with van der Waals surface area (Å²) in [5.41, 5.74) is 6.06. The lowest BCUT2D eigenvalue weighted by Gasteiger charge is -2.22. The Morgan fingerprint density at radius 2 is 2.05 bits per heavy atom. The van der Waals surface area contributed by atoms with Crippen LogP contribution in [-0.4, -0.2) is 75.6 Å². The van der Waals surface area contributed by atoms with Crippen LogP contribution in [0.5, 0.6) is 5.88 Å². The first-order valence-corrected chi connectivity index (χ1v) is 14.7. The average molecular weight is 588 g/mol. The predicted molar refractivity (Wildman–Crippen MR) is 144 cm³/mol. The van der Waals surface area contributed by atoms with Crippen LogP contribution in [0.3, 0.4) is 0 Å². The van der Waals surface area contributed by atoms with Crippen molar-refractivity contribution < 1.29 is 37.4 Å². The molecule has 0 spiro atoms. The zero-order valence-electron chi connectivity index (χ0n) is 22.7. The molecule has 2 aromatic heterocycles. The number of nitrogens with two attached hydrogens (primary N) is 1. The van der Waals surface area contributed by atoms with Crippen LogP contribution in [0.2, 0.25) is 0 Å². The number of nitrogens with one attached hydrogen (secondary N) is 1. The lowest BCUT2D eigenvalue weighted by atomic mass is 9.96. The molecule has 0 radical (unpaired) electrons. The van der Waals surface area contributed by atoms with Gasteiger partial charge in [0.05, 0.1) is 31.1 Å². The molecule has 3 heterocycles. The fraction of sp³-hybridized carbons (Fsp3) is 0.696. The largest absolute Gasteiger partial charge is 0.697 e. The summed E-state index contributed by atoms with van der Waals surface area (Å²) in [5.74, 6) is 0.762. The van der Waals surface area contributed by atoms with Crippen molar-refractivity contribution in [3.63, 3.8) is 0 Å². The third kappa shape index (κ3) is 8.45. The summed E-state index contributed by atoms with van der Waals surface area (Å²) >= 11 is 1.04. The molecule has 16 heteroatoms. The number of nitrogens with zero attached hydrogens (tertiary/aromatic N) is 4. The number of imidazole rings is 1. The second kappa shape index (κ2) is 14.2. The molecule has 0 saturated carbocycles. The molecule has 2 aromatic rings. The second-order valence-corrected chi connectivity index (χ2v) is 11.5. The van der Waals surface area contributed by atoms with Crippen LogP contribution in [0, 0.1) is 11.3 Å². The second-order valence-electron chi connectivity index (χ2n) is 9.45. The van der Waals surface area contributed by atoms with Crippen LogP contribution < -0.4 is 15.8 Å². The maximum Gasteiger partial charge on any atom is 0.697 e. The van der Waals surface area contributed by atoms with Gasteiger partial charge in [-0.15, -0.1) is 9.05 Å². The number of ether oxygens (including phenoxy) is 3. The molecule has 1 unspecified atom stereocenters. The minimum absolute atomic E-state index is 0.0574. The van der Waals surface area contributed by atoms with E-state index in [1.807, 2.05) is 13.8 Å². The summed E-state index contributed by atoms with van der Waals surface area (Å²) in [6.07, 6.45) is 1.00. The topological polar surface area (TPSA) is 179 Å². The van der Waals surface area contributed by atoms with E-state index in [0.717, 1.165) is 11.8 Å². The Kier molecular flexibility index (Phi) is 11.2. The molecular weight excluding hydrogens is 551 g/mol. The van der Waals surface area contributed by atoms with Crippen LogP contribution in [0.1, 0.15) is 47.3 Å². The van der Waals surface area contributed by atoms with E-state index in [-0.39, 0.29) is 61.4 Å². The van der Waals surface area contributed by atoms with Crippen molar-refractivity contribution in [3.05, 3.63) is 6.33 Å². The maximum absolute atomic E-state index is 12.5. The number of alkyl carbamates (subject to hydrolysis) is 1. The summed E-state index contributed by atoms with van der Waals surface area (Å²) in [4.78, 5) is 36.7. The van der Waals surface area contributed by atoms with E-state index in [9.17, 15) is 14.2 Å². The van der Waals surface area contributed by atoms with Gasteiger partial charge in [-0.05, 0) is 20.3 Å². The van der Waals surface area contributed by atoms with E-state index >= 15 is 0 Å². The SMILES string of the molecule is CCOC(=O)NCC(C)(C)C(=O)SCCO[P+](=O)OC[C@@H]1C[C@H](C)[C@H](n2cnc3c(OCC)nc(N)nc32)O1. The number of nitrogen functional groups attached to an aromatic ring is 1. The normalized spacial score (nSPS) is 19.7. The van der Waals surface area contributed by atoms with Gasteiger partial charge >= 0.3 is 14.3 Å². The summed E-state index contributed by atoms with van der Waals surface area (Å²) < 4.78 is 41.1. The number of rotatable bonds is 14. The number of anilines is 1. The maximum atomic E-state index is 12.5. The molecule has 0 bridgehead atoms. The summed E-state index contributed by atoms with van der Waals surface area (Å²) in [5, 5.41) is 2.43. The van der Waals surface area contributed by atoms with Gasteiger partial charge in [-0.2, -0.15) is 9.97 Å². The van der Waals surface area contributed by atoms with Crippen molar-refractivity contribution in [3.8, 4) is 5.88 Å². The first kappa shape index (κ1) is 31.0. The monoisotopic (exact) mass is 587 g/mol. The number of carbonyl (C=O) groups excluding carboxylic acids is 2. The minimum Gasteiger partial charge on any atom is -0.476 e. The number of hydrogen-bond acceptors (Lipinski definition) is 13. The Balaban J connectivity index is 1.41. The van der Waals surface area contributed by atoms with Gasteiger partial charge in [-0.1, -0.05) is 32.5 Å². The van der Waals surface area contributed by atoms with Gasteiger partial charge < -0.3 is 25.3 Å². The fourth-order valence-corrected chi connectivity index (χ4v) is 5.41. The number of thioether (sulfide) groups is 1. The average Bonchev–Trinajstić information content (AvgIpc) is 3.47. The molecule has 0 aromatic carbocycles. The molecule has 1 amide bonds. The molecule has 3 rings (SSSR count). The smallest absolute Gasteiger partial charge is 0.476 e. The van der Waals surface area contributed by atoms with E-state index < -0.39 is 19.8 Å². The van der Waals surface area contributed by atoms with Crippen LogP contribution in [0.4, 0.5) is 10.7 Å². The molecule has 1 aliphatic rings. The summed E-state index contributed by atoms with van der Waals surface area (Å²) in [7, 11) is -2.39. The van der Waals surface area contributed by atoms with Gasteiger partial charge in [0, 0.05) is 22.8 Å². The quantitative estimate of drug-likeness (QED) is 0.243. The number of hydrogen-bond donors (Lipinski definition) is 2. The minimum atomic E-state index is -2.39. The van der Waals surface area contributed by atoms with E-state index in [4.69, 9.17) is 29.0 Å². The van der Waals surface area contributed by atoms with Gasteiger partial charge in [0.15, 0.2) is 16.3 Å². The third-order valence-electron chi connectivity index (χ3n) is 5.80. The van der Waals surface area contributed by atoms with Crippen molar-refractivity contribution in [2.24, 2.45) is 11.3 Å². The standard InChI is InChI=1S/C23H35N6O8PS/c1-6-33-18-16-17(27-21(24)28-18)29(13-26-16)19-14(3)10-15(37-19)11-36-38(32)35-8-9-39-20(30)23(4,5)12-25-22(31)34-7-2/h13-15,19H,6-12H2,1-5H3,(H2-,24,25,27,28,31)/p+1/t14-,15-,19+/m0/s1. The first-order valence-electron chi connectivity index (χ1n) is 12.6. The Morgan fingerprint density at radius 1 is 1.28 bits per heavy atom. The summed E-state index contributed by atoms with van der Waals surface area (Å²) in [6.45, 7) is 9.95. The zero-order valence-corrected chi connectivity index (χ0v) is 24.5. The van der Waals surface area contributed by atoms with E-state index in [0.29, 0.717) is 30.1 Å². The highest BCUT2D eigenvalue weighted by molar-refractivity contribution is 8.13. The first-order chi connectivity index (χ1) is 18.6. The molecule has 1 fully saturated rings. The number of carbonyl (C=O) groups is 2. The fourth-order valence-electron chi connectivity index (χ4n) is 3.87. The van der Waals surface area contributed by atoms with Crippen LogP contribution in [0.15, 0.2) is 6.33 Å². The van der Waals surface area contributed by atoms with Crippen molar-refractivity contribution in [1.29, 1.82) is 0 Å². The molecule has 4 atom stereocenters. The highest BCUT2D eigenvalue weighted by Gasteiger charge is 2.37. The van der Waals surface area contributed by atoms with E-state index in [1.54, 1.807) is 31.7 Å². The van der Waals surface area contributed by atoms with Crippen molar-refractivity contribution in [1.82, 2.24) is 24.8 Å². The molecule has 39 heavy (non-hydrogen) atoms. The van der Waals surface area contributed by atoms with Crippen LogP contribution in [0.25, 0.3) is 11.2 Å². The molecule has 1 saturated heterocycles. The Hall–Kier alpha value is -2.58. The van der Waals surface area contributed by atoms with Gasteiger partial charge in [0.2, 0.25) is 11.8 Å². The van der Waals surface area contributed by atoms with Gasteiger partial charge in [-0.25, -0.2) is 9.78 Å². The van der Waals surface area contributed by atoms with Gasteiger partial charge in [0.25, 0.3) is 0 Å². The Morgan fingerprint density at radius 3 is 2.77 bits per heavy atom. The zero-order chi connectivity index (χ0) is 28.6. The Bertz CT molecular complexity index is 1170. The molecule has 1 aliphatic heterocycles. The van der Waals surface area contributed by atoms with Crippen molar-refractivity contribution in [2.75, 3.05) is 44.5 Å². The highest BCUT2D eigenvalue weighted by atomic mass is 32.2. The number of aromatic nitrogens is 4. The molecule has 3 N–H and O–H groups in total. The van der Waals surface area contributed by atoms with Crippen molar-refractivity contribution >= 4 is 48.3 Å². The lowest BCUT2D eigenvalue weighted by Crippen LogP contribution is -2.38. The molecule has 14 nitrogen and oxygen atoms in total. The Labute approximate surface area is 232 Å². The molecule has 216 valence electrons. The molecule has 0 aliphatic carbocycles. The van der Waals surface area contributed by atoms with Crippen molar-refractivity contribution in [2.45, 2.75) is 53.4 Å². The van der Waals surface area contributed by atoms with E-state index in [2.05, 4.69) is 20.3 Å². The van der Waals surface area contributed by atoms with Gasteiger partial charge in [0.1, 0.15) is 19.4 Å². The van der Waals surface area contributed by atoms with Crippen LogP contribution >= 0.6 is 20.0 Å². The molecular formula is C23H36N6O8PS+. The van der Waals surface area contributed by atoms with E-state index in [1.165, 1.54) is 0 Å². The number of fused-ring (bicyclic) bond motifs is 1. The lowest BCUT2D eigenvalue weighted by molar-refractivity contribution is -0.117. The summed E-state index contributed by atoms with van der Waals surface area (Å²) in [6, 6.07) is 0. The van der Waals surface area contributed by atoms with Gasteiger partial charge in [-0.3, -0.25) is 9.36 Å².